The number of carbonyl (C=O) groups is 4. The van der Waals surface area contributed by atoms with Crippen LogP contribution in [0, 0.1) is 0 Å². The predicted octanol–water partition coefficient (Wildman–Crippen LogP) is -6.55. The Kier molecular flexibility index (Phi) is 11.2. The Morgan fingerprint density at radius 3 is 2.26 bits per heavy atom. The largest absolute Gasteiger partial charge is 1.00 e. The number of carboxylic acids is 1. The molecule has 3 amide bonds. The summed E-state index contributed by atoms with van der Waals surface area (Å²) in [5.74, 6) is -3.53. The third-order valence-corrected chi connectivity index (χ3v) is 8.16. The summed E-state index contributed by atoms with van der Waals surface area (Å²) >= 11 is 1.21. The number of pyridine rings is 1. The third-order valence-electron chi connectivity index (χ3n) is 5.73. The number of fused-ring (bicyclic) bond motifs is 1. The number of thioether (sulfide) groups is 1. The van der Waals surface area contributed by atoms with E-state index in [0.717, 1.165) is 4.90 Å². The molecule has 0 aliphatic carbocycles. The molecule has 1 aromatic heterocycles. The van der Waals surface area contributed by atoms with E-state index in [1.54, 1.807) is 23.0 Å². The van der Waals surface area contributed by atoms with Gasteiger partial charge in [-0.3, -0.25) is 23.8 Å². The van der Waals surface area contributed by atoms with E-state index in [0.29, 0.717) is 5.57 Å². The number of benzene rings is 1. The minimum absolute atomic E-state index is 0. The van der Waals surface area contributed by atoms with Gasteiger partial charge in [0.15, 0.2) is 24.2 Å². The topological polar surface area (TPSA) is 188 Å². The van der Waals surface area contributed by atoms with Gasteiger partial charge in [-0.1, -0.05) is 30.3 Å². The monoisotopic (exact) mass is 579 g/mol. The van der Waals surface area contributed by atoms with Crippen LogP contribution in [-0.2, 0) is 31.0 Å². The van der Waals surface area contributed by atoms with Gasteiger partial charge < -0.3 is 16.2 Å². The van der Waals surface area contributed by atoms with Crippen molar-refractivity contribution in [3.63, 3.8) is 0 Å². The molecular formula is C22H21N4Na2O8S2+3. The van der Waals surface area contributed by atoms with Crippen molar-refractivity contribution in [1.82, 2.24) is 10.2 Å². The number of β-lactam (4-membered cyclic amide) rings is 1. The summed E-state index contributed by atoms with van der Waals surface area (Å²) in [6, 6.07) is 9.12. The molecule has 2 aromatic rings. The normalized spacial score (nSPS) is 19.2. The molecule has 3 heterocycles. The molecule has 3 atom stereocenters. The molecule has 1 unspecified atom stereocenters. The van der Waals surface area contributed by atoms with Crippen LogP contribution in [-0.4, -0.2) is 63.8 Å². The minimum atomic E-state index is -4.85. The van der Waals surface area contributed by atoms with E-state index in [1.165, 1.54) is 48.2 Å². The molecule has 0 spiro atoms. The van der Waals surface area contributed by atoms with Crippen LogP contribution in [0.2, 0.25) is 0 Å². The molecule has 0 saturated carbocycles. The zero-order valence-electron chi connectivity index (χ0n) is 20.5. The van der Waals surface area contributed by atoms with E-state index in [9.17, 15) is 37.3 Å². The second-order valence-corrected chi connectivity index (χ2v) is 10.7. The standard InChI is InChI=1S/C22H20N4O8S2.2Na/c23-18(27)13-6-8-25(9-7-13)10-14-11-35-21-15(20(29)26(21)16(14)22(30)31)24-19(28)17(36(32,33)34)12-4-2-1-3-5-12;;/h1-9,15,17,21H,10-11H2,(H4-,23,24,27,28,30,31,32,33,34);;/q;2*+1/p+1/t15-,17?,21-;;/m1../s1. The molecule has 0 bridgehead atoms. The summed E-state index contributed by atoms with van der Waals surface area (Å²) < 4.78 is 35.1. The van der Waals surface area contributed by atoms with Crippen molar-refractivity contribution in [1.29, 1.82) is 0 Å². The van der Waals surface area contributed by atoms with Gasteiger partial charge in [0.2, 0.25) is 11.8 Å². The van der Waals surface area contributed by atoms with Gasteiger partial charge in [-0.2, -0.15) is 8.42 Å². The van der Waals surface area contributed by atoms with Crippen LogP contribution in [0.1, 0.15) is 21.2 Å². The van der Waals surface area contributed by atoms with Crippen LogP contribution in [0.4, 0.5) is 0 Å². The van der Waals surface area contributed by atoms with Crippen molar-refractivity contribution < 1.29 is 101 Å². The van der Waals surface area contributed by atoms with Gasteiger partial charge in [0.1, 0.15) is 17.1 Å². The number of rotatable bonds is 8. The molecule has 188 valence electrons. The molecule has 38 heavy (non-hydrogen) atoms. The number of aromatic nitrogens is 1. The van der Waals surface area contributed by atoms with E-state index in [4.69, 9.17) is 5.73 Å². The SMILES string of the molecule is NC(=O)c1cc[n+](CC2=C(C(=O)O)N3C(=O)[C@@H](NC(=O)C(c4ccccc4)S(=O)(=O)O)[C@H]3SC2)cc1.[Na+].[Na+]. The van der Waals surface area contributed by atoms with E-state index >= 15 is 0 Å². The maximum atomic E-state index is 12.9. The van der Waals surface area contributed by atoms with Crippen molar-refractivity contribution in [3.8, 4) is 0 Å². The molecule has 0 radical (unpaired) electrons. The summed E-state index contributed by atoms with van der Waals surface area (Å²) in [4.78, 5) is 50.1. The first-order valence-corrected chi connectivity index (χ1v) is 13.0. The van der Waals surface area contributed by atoms with Gasteiger partial charge >= 0.3 is 65.1 Å². The number of nitrogens with one attached hydrogen (secondary N) is 1. The van der Waals surface area contributed by atoms with E-state index in [1.807, 2.05) is 0 Å². The summed E-state index contributed by atoms with van der Waals surface area (Å²) in [5.41, 5.74) is 5.73. The molecule has 1 aromatic carbocycles. The summed E-state index contributed by atoms with van der Waals surface area (Å²) in [6.07, 6.45) is 3.12. The Morgan fingerprint density at radius 1 is 1.13 bits per heavy atom. The van der Waals surface area contributed by atoms with Gasteiger partial charge in [-0.15, -0.1) is 11.8 Å². The summed E-state index contributed by atoms with van der Waals surface area (Å²) in [6.45, 7) is 0.125. The molecule has 4 rings (SSSR count). The zero-order valence-corrected chi connectivity index (χ0v) is 26.1. The summed E-state index contributed by atoms with van der Waals surface area (Å²) in [7, 11) is -4.85. The van der Waals surface area contributed by atoms with Gasteiger partial charge in [-0.05, 0) is 5.56 Å². The van der Waals surface area contributed by atoms with Crippen molar-refractivity contribution in [2.45, 2.75) is 23.2 Å². The number of carbonyl (C=O) groups excluding carboxylic acids is 3. The smallest absolute Gasteiger partial charge is 0.477 e. The molecule has 2 aliphatic heterocycles. The molecule has 16 heteroatoms. The number of aliphatic carboxylic acids is 1. The van der Waals surface area contributed by atoms with Gasteiger partial charge in [0.25, 0.3) is 16.0 Å². The molecule has 1 fully saturated rings. The Bertz CT molecular complexity index is 1390. The van der Waals surface area contributed by atoms with Crippen LogP contribution in [0.5, 0.6) is 0 Å². The van der Waals surface area contributed by atoms with Crippen LogP contribution >= 0.6 is 11.8 Å². The maximum Gasteiger partial charge on any atom is 1.00 e. The van der Waals surface area contributed by atoms with Gasteiger partial charge in [-0.25, -0.2) is 9.36 Å². The van der Waals surface area contributed by atoms with Crippen molar-refractivity contribution >= 4 is 45.6 Å². The van der Waals surface area contributed by atoms with Crippen LogP contribution in [0.3, 0.4) is 0 Å². The fraction of sp³-hybridized carbons (Fsp3) is 0.227. The van der Waals surface area contributed by atoms with Gasteiger partial charge in [0.05, 0.1) is 5.56 Å². The second kappa shape index (κ2) is 13.1. The Hall–Kier alpha value is -1.75. The van der Waals surface area contributed by atoms with Crippen LogP contribution in [0.25, 0.3) is 0 Å². The van der Waals surface area contributed by atoms with E-state index in [2.05, 4.69) is 5.32 Å². The first-order valence-electron chi connectivity index (χ1n) is 10.5. The van der Waals surface area contributed by atoms with Gasteiger partial charge in [0, 0.05) is 23.5 Å². The Morgan fingerprint density at radius 2 is 1.74 bits per heavy atom. The second-order valence-electron chi connectivity index (χ2n) is 8.08. The van der Waals surface area contributed by atoms with Crippen molar-refractivity contribution in [2.24, 2.45) is 5.73 Å². The van der Waals surface area contributed by atoms with Crippen LogP contribution in [0.15, 0.2) is 66.1 Å². The maximum absolute atomic E-state index is 12.9. The Balaban J connectivity index is 0.00000253. The number of hydrogen-bond acceptors (Lipinski definition) is 7. The van der Waals surface area contributed by atoms with Crippen molar-refractivity contribution in [3.05, 3.63) is 77.3 Å². The number of primary amides is 1. The fourth-order valence-corrected chi connectivity index (χ4v) is 6.24. The number of amides is 3. The fourth-order valence-electron chi connectivity index (χ4n) is 4.07. The van der Waals surface area contributed by atoms with E-state index < -0.39 is 50.5 Å². The Labute approximate surface area is 266 Å². The van der Waals surface area contributed by atoms with Crippen LogP contribution < -0.4 is 74.7 Å². The minimum Gasteiger partial charge on any atom is -0.477 e. The summed E-state index contributed by atoms with van der Waals surface area (Å²) in [5, 5.41) is 9.47. The predicted molar refractivity (Wildman–Crippen MR) is 126 cm³/mol. The number of carboxylic acid groups (broad SMARTS) is 1. The quantitative estimate of drug-likeness (QED) is 0.102. The number of nitrogens with zero attached hydrogens (tertiary/aromatic N) is 2. The molecular weight excluding hydrogens is 558 g/mol. The first-order chi connectivity index (χ1) is 17.0. The third kappa shape index (κ3) is 6.69. The molecule has 12 nitrogen and oxygen atoms in total. The zero-order chi connectivity index (χ0) is 26.2. The molecule has 2 aliphatic rings. The van der Waals surface area contributed by atoms with Crippen molar-refractivity contribution in [2.75, 3.05) is 5.75 Å². The molecule has 1 saturated heterocycles. The molecule has 5 N–H and O–H groups in total. The average Bonchev–Trinajstić information content (AvgIpc) is 2.82. The number of hydrogen-bond donors (Lipinski definition) is 4. The number of nitrogens with two attached hydrogens (primary N) is 1. The first kappa shape index (κ1) is 32.5. The van der Waals surface area contributed by atoms with E-state index in [-0.39, 0.29) is 88.2 Å². The average molecular weight is 580 g/mol.